The van der Waals surface area contributed by atoms with E-state index < -0.39 is 0 Å². The number of amides is 1. The topological polar surface area (TPSA) is 49.8 Å². The van der Waals surface area contributed by atoms with Crippen LogP contribution in [-0.2, 0) is 6.54 Å². The highest BCUT2D eigenvalue weighted by atomic mass is 32.1. The molecule has 4 nitrogen and oxygen atoms in total. The Morgan fingerprint density at radius 2 is 1.69 bits per heavy atom. The maximum absolute atomic E-state index is 12.7. The molecular formula is C21H17N3OS. The Bertz CT molecular complexity index is 1130. The first-order valence-corrected chi connectivity index (χ1v) is 8.75. The number of hydrogen-bond acceptors (Lipinski definition) is 2. The Balaban J connectivity index is 1.56. The van der Waals surface area contributed by atoms with Crippen molar-refractivity contribution in [3.05, 3.63) is 95.0 Å². The van der Waals surface area contributed by atoms with Crippen molar-refractivity contribution in [3.63, 3.8) is 0 Å². The second-order valence-electron chi connectivity index (χ2n) is 6.01. The number of hydrogen-bond donors (Lipinski definition) is 2. The first kappa shape index (κ1) is 16.3. The predicted molar refractivity (Wildman–Crippen MR) is 106 cm³/mol. The summed E-state index contributed by atoms with van der Waals surface area (Å²) in [6.45, 7) is 0.455. The number of carbonyl (C=O) groups is 1. The van der Waals surface area contributed by atoms with Crippen LogP contribution >= 0.6 is 12.2 Å². The molecule has 1 amide bonds. The van der Waals surface area contributed by atoms with Crippen LogP contribution in [0.1, 0.15) is 16.1 Å². The van der Waals surface area contributed by atoms with Crippen molar-refractivity contribution >= 4 is 28.9 Å². The first-order valence-electron chi connectivity index (χ1n) is 8.34. The van der Waals surface area contributed by atoms with Crippen LogP contribution in [0, 0.1) is 4.77 Å². The quantitative estimate of drug-likeness (QED) is 0.523. The maximum Gasteiger partial charge on any atom is 0.270 e. The minimum Gasteiger partial charge on any atom is -0.347 e. The number of rotatable bonds is 4. The number of fused-ring (bicyclic) bond motifs is 1. The minimum absolute atomic E-state index is 0.172. The lowest BCUT2D eigenvalue weighted by atomic mass is 10.1. The summed E-state index contributed by atoms with van der Waals surface area (Å²) >= 11 is 5.33. The van der Waals surface area contributed by atoms with Gasteiger partial charge in [0.1, 0.15) is 5.69 Å². The molecule has 26 heavy (non-hydrogen) atoms. The summed E-state index contributed by atoms with van der Waals surface area (Å²) in [5.74, 6) is -0.172. The zero-order valence-corrected chi connectivity index (χ0v) is 14.8. The van der Waals surface area contributed by atoms with E-state index in [1.165, 1.54) is 5.39 Å². The third-order valence-electron chi connectivity index (χ3n) is 4.29. The van der Waals surface area contributed by atoms with Crippen molar-refractivity contribution in [1.82, 2.24) is 14.9 Å². The fourth-order valence-electron chi connectivity index (χ4n) is 2.99. The maximum atomic E-state index is 12.7. The van der Waals surface area contributed by atoms with E-state index in [9.17, 15) is 4.79 Å². The van der Waals surface area contributed by atoms with Gasteiger partial charge in [0.2, 0.25) is 0 Å². The van der Waals surface area contributed by atoms with Crippen LogP contribution in [0.3, 0.4) is 0 Å². The highest BCUT2D eigenvalue weighted by Gasteiger charge is 2.14. The van der Waals surface area contributed by atoms with Gasteiger partial charge in [-0.25, -0.2) is 0 Å². The predicted octanol–water partition coefficient (Wildman–Crippen LogP) is 4.62. The van der Waals surface area contributed by atoms with Crippen molar-refractivity contribution < 1.29 is 4.79 Å². The SMILES string of the molecule is O=C(NCc1ccc2ccccc2c1)c1c[nH]c(=S)n1-c1ccccc1. The van der Waals surface area contributed by atoms with E-state index in [2.05, 4.69) is 34.6 Å². The lowest BCUT2D eigenvalue weighted by Crippen LogP contribution is -2.25. The van der Waals surface area contributed by atoms with Crippen molar-refractivity contribution in [1.29, 1.82) is 0 Å². The summed E-state index contributed by atoms with van der Waals surface area (Å²) in [4.78, 5) is 15.6. The van der Waals surface area contributed by atoms with Gasteiger partial charge < -0.3 is 10.3 Å². The third kappa shape index (κ3) is 3.17. The lowest BCUT2D eigenvalue weighted by molar-refractivity contribution is 0.0944. The summed E-state index contributed by atoms with van der Waals surface area (Å²) < 4.78 is 2.23. The molecule has 128 valence electrons. The third-order valence-corrected chi connectivity index (χ3v) is 4.59. The number of carbonyl (C=O) groups excluding carboxylic acids is 1. The molecule has 0 radical (unpaired) electrons. The summed E-state index contributed by atoms with van der Waals surface area (Å²) in [5, 5.41) is 5.32. The average molecular weight is 359 g/mol. The van der Waals surface area contributed by atoms with Crippen LogP contribution in [0.5, 0.6) is 0 Å². The van der Waals surface area contributed by atoms with E-state index in [4.69, 9.17) is 12.2 Å². The van der Waals surface area contributed by atoms with Crippen LogP contribution in [0.4, 0.5) is 0 Å². The van der Waals surface area contributed by atoms with Crippen LogP contribution in [0.15, 0.2) is 79.0 Å². The number of H-pyrrole nitrogens is 1. The van der Waals surface area contributed by atoms with E-state index in [-0.39, 0.29) is 5.91 Å². The molecule has 0 aliphatic carbocycles. The van der Waals surface area contributed by atoms with Gasteiger partial charge in [-0.2, -0.15) is 0 Å². The van der Waals surface area contributed by atoms with Gasteiger partial charge in [0.05, 0.1) is 0 Å². The van der Waals surface area contributed by atoms with Crippen LogP contribution in [-0.4, -0.2) is 15.5 Å². The highest BCUT2D eigenvalue weighted by Crippen LogP contribution is 2.16. The molecule has 0 aliphatic heterocycles. The molecule has 0 atom stereocenters. The molecule has 4 rings (SSSR count). The van der Waals surface area contributed by atoms with Crippen molar-refractivity contribution in [2.75, 3.05) is 0 Å². The second kappa shape index (κ2) is 6.98. The van der Waals surface area contributed by atoms with E-state index in [1.54, 1.807) is 10.8 Å². The number of benzene rings is 3. The van der Waals surface area contributed by atoms with E-state index >= 15 is 0 Å². The van der Waals surface area contributed by atoms with Crippen molar-refractivity contribution in [2.24, 2.45) is 0 Å². The number of para-hydroxylation sites is 1. The zero-order chi connectivity index (χ0) is 17.9. The second-order valence-corrected chi connectivity index (χ2v) is 6.40. The molecule has 4 aromatic rings. The largest absolute Gasteiger partial charge is 0.347 e. The molecule has 0 spiro atoms. The van der Waals surface area contributed by atoms with Gasteiger partial charge in [-0.3, -0.25) is 9.36 Å². The average Bonchev–Trinajstić information content (AvgIpc) is 3.08. The van der Waals surface area contributed by atoms with E-state index in [0.717, 1.165) is 16.6 Å². The molecule has 0 bridgehead atoms. The van der Waals surface area contributed by atoms with Gasteiger partial charge in [-0.1, -0.05) is 54.6 Å². The molecular weight excluding hydrogens is 342 g/mol. The number of aromatic nitrogens is 2. The molecule has 1 heterocycles. The normalized spacial score (nSPS) is 10.8. The minimum atomic E-state index is -0.172. The summed E-state index contributed by atoms with van der Waals surface area (Å²) in [7, 11) is 0. The fraction of sp³-hybridized carbons (Fsp3) is 0.0476. The Morgan fingerprint density at radius 3 is 2.50 bits per heavy atom. The van der Waals surface area contributed by atoms with Crippen LogP contribution in [0.2, 0.25) is 0 Å². The molecule has 0 saturated heterocycles. The molecule has 5 heteroatoms. The molecule has 0 saturated carbocycles. The zero-order valence-electron chi connectivity index (χ0n) is 14.0. The van der Waals surface area contributed by atoms with Crippen LogP contribution in [0.25, 0.3) is 16.5 Å². The Labute approximate surface area is 156 Å². The summed E-state index contributed by atoms with van der Waals surface area (Å²) in [6, 6.07) is 24.0. The first-order chi connectivity index (χ1) is 12.7. The van der Waals surface area contributed by atoms with Gasteiger partial charge in [0.15, 0.2) is 4.77 Å². The number of aromatic amines is 1. The summed E-state index contributed by atoms with van der Waals surface area (Å²) in [5.41, 5.74) is 2.40. The van der Waals surface area contributed by atoms with Crippen molar-refractivity contribution in [2.45, 2.75) is 6.54 Å². The van der Waals surface area contributed by atoms with Gasteiger partial charge in [0, 0.05) is 18.4 Å². The molecule has 3 aromatic carbocycles. The van der Waals surface area contributed by atoms with Crippen molar-refractivity contribution in [3.8, 4) is 5.69 Å². The summed E-state index contributed by atoms with van der Waals surface area (Å²) in [6.07, 6.45) is 1.64. The van der Waals surface area contributed by atoms with Gasteiger partial charge in [0.25, 0.3) is 5.91 Å². The lowest BCUT2D eigenvalue weighted by Gasteiger charge is -2.09. The van der Waals surface area contributed by atoms with Crippen LogP contribution < -0.4 is 5.32 Å². The van der Waals surface area contributed by atoms with Gasteiger partial charge >= 0.3 is 0 Å². The van der Waals surface area contributed by atoms with Gasteiger partial charge in [-0.15, -0.1) is 0 Å². The Hall–Kier alpha value is -3.18. The standard InChI is InChI=1S/C21H17N3OS/c25-20(19-14-23-21(26)24(19)18-8-2-1-3-9-18)22-13-15-10-11-16-6-4-5-7-17(16)12-15/h1-12,14H,13H2,(H,22,25)(H,23,26). The molecule has 0 aliphatic rings. The number of nitrogens with one attached hydrogen (secondary N) is 2. The smallest absolute Gasteiger partial charge is 0.270 e. The Kier molecular flexibility index (Phi) is 4.37. The molecule has 2 N–H and O–H groups in total. The molecule has 1 aromatic heterocycles. The fourth-order valence-corrected chi connectivity index (χ4v) is 3.25. The number of imidazole rings is 1. The van der Waals surface area contributed by atoms with E-state index in [1.807, 2.05) is 48.5 Å². The molecule has 0 fully saturated rings. The number of nitrogens with zero attached hydrogens (tertiary/aromatic N) is 1. The monoisotopic (exact) mass is 359 g/mol. The highest BCUT2D eigenvalue weighted by molar-refractivity contribution is 7.71. The molecule has 0 unspecified atom stereocenters. The Morgan fingerprint density at radius 1 is 0.962 bits per heavy atom. The van der Waals surface area contributed by atoms with Gasteiger partial charge in [-0.05, 0) is 46.8 Å². The van der Waals surface area contributed by atoms with E-state index in [0.29, 0.717) is 17.0 Å².